The van der Waals surface area contributed by atoms with Crippen LogP contribution in [0.2, 0.25) is 0 Å². The van der Waals surface area contributed by atoms with Gasteiger partial charge in [-0.05, 0) is 28.8 Å². The van der Waals surface area contributed by atoms with Crippen molar-refractivity contribution in [2.75, 3.05) is 13.7 Å². The van der Waals surface area contributed by atoms with E-state index in [4.69, 9.17) is 4.74 Å². The van der Waals surface area contributed by atoms with Crippen LogP contribution in [0.5, 0.6) is 5.75 Å². The molecule has 1 aliphatic heterocycles. The van der Waals surface area contributed by atoms with Gasteiger partial charge in [0.1, 0.15) is 5.75 Å². The minimum absolute atomic E-state index is 0. The fourth-order valence-corrected chi connectivity index (χ4v) is 2.83. The molecule has 2 N–H and O–H groups in total. The van der Waals surface area contributed by atoms with Crippen LogP contribution in [0.25, 0.3) is 11.1 Å². The highest BCUT2D eigenvalue weighted by molar-refractivity contribution is 5.85. The highest BCUT2D eigenvalue weighted by Crippen LogP contribution is 2.26. The number of halogens is 3. The van der Waals surface area contributed by atoms with Gasteiger partial charge in [-0.1, -0.05) is 36.4 Å². The van der Waals surface area contributed by atoms with Crippen molar-refractivity contribution >= 4 is 18.3 Å². The van der Waals surface area contributed by atoms with E-state index in [0.29, 0.717) is 6.54 Å². The summed E-state index contributed by atoms with van der Waals surface area (Å²) >= 11 is 0. The van der Waals surface area contributed by atoms with E-state index in [1.165, 1.54) is 0 Å². The normalized spacial score (nSPS) is 18.0. The first-order valence-electron chi connectivity index (χ1n) is 8.09. The van der Waals surface area contributed by atoms with Crippen LogP contribution in [-0.2, 0) is 11.3 Å². The summed E-state index contributed by atoms with van der Waals surface area (Å²) in [5, 5.41) is 5.25. The van der Waals surface area contributed by atoms with Gasteiger partial charge in [-0.25, -0.2) is 8.78 Å². The van der Waals surface area contributed by atoms with Crippen molar-refractivity contribution < 1.29 is 18.3 Å². The Hall–Kier alpha value is -2.18. The number of hydrogen-bond donors (Lipinski definition) is 2. The lowest BCUT2D eigenvalue weighted by Gasteiger charge is -2.11. The van der Waals surface area contributed by atoms with E-state index in [0.717, 1.165) is 22.4 Å². The van der Waals surface area contributed by atoms with Gasteiger partial charge in [-0.2, -0.15) is 0 Å². The standard InChI is InChI=1S/C19H20F2N2O2.ClH/c1-25-16-4-2-3-15(9-16)14-7-5-13(6-8-14)11-22-18(24)17-10-19(20,21)12-23-17;/h2-9,17,23H,10-12H2,1H3,(H,22,24);1H. The van der Waals surface area contributed by atoms with Crippen LogP contribution in [0, 0.1) is 0 Å². The van der Waals surface area contributed by atoms with Crippen molar-refractivity contribution in [2.45, 2.75) is 24.9 Å². The fraction of sp³-hybridized carbons (Fsp3) is 0.316. The molecule has 0 saturated carbocycles. The number of rotatable bonds is 5. The summed E-state index contributed by atoms with van der Waals surface area (Å²) in [6, 6.07) is 14.6. The molecule has 1 fully saturated rings. The molecule has 1 aliphatic rings. The number of ether oxygens (including phenoxy) is 1. The molecule has 0 radical (unpaired) electrons. The smallest absolute Gasteiger partial charge is 0.262 e. The zero-order valence-electron chi connectivity index (χ0n) is 14.3. The Morgan fingerprint density at radius 2 is 1.96 bits per heavy atom. The summed E-state index contributed by atoms with van der Waals surface area (Å²) in [6.07, 6.45) is -0.451. The molecule has 7 heteroatoms. The lowest BCUT2D eigenvalue weighted by Crippen LogP contribution is -2.40. The maximum absolute atomic E-state index is 13.1. The van der Waals surface area contributed by atoms with Gasteiger partial charge >= 0.3 is 0 Å². The Morgan fingerprint density at radius 3 is 2.58 bits per heavy atom. The average molecular weight is 383 g/mol. The van der Waals surface area contributed by atoms with E-state index in [9.17, 15) is 13.6 Å². The third kappa shape index (κ3) is 4.93. The van der Waals surface area contributed by atoms with Gasteiger partial charge in [0.25, 0.3) is 5.92 Å². The second-order valence-electron chi connectivity index (χ2n) is 6.14. The first-order chi connectivity index (χ1) is 12.0. The van der Waals surface area contributed by atoms with Crippen LogP contribution in [0.1, 0.15) is 12.0 Å². The molecule has 140 valence electrons. The van der Waals surface area contributed by atoms with Crippen LogP contribution < -0.4 is 15.4 Å². The number of methoxy groups -OCH3 is 1. The molecule has 3 rings (SSSR count). The summed E-state index contributed by atoms with van der Waals surface area (Å²) in [5.74, 6) is -2.41. The van der Waals surface area contributed by atoms with E-state index < -0.39 is 30.8 Å². The number of benzene rings is 2. The molecule has 2 aromatic carbocycles. The summed E-state index contributed by atoms with van der Waals surface area (Å²) in [5.41, 5.74) is 2.98. The van der Waals surface area contributed by atoms with Crippen LogP contribution in [-0.4, -0.2) is 31.5 Å². The molecule has 0 aromatic heterocycles. The lowest BCUT2D eigenvalue weighted by atomic mass is 10.0. The molecule has 2 aromatic rings. The highest BCUT2D eigenvalue weighted by atomic mass is 35.5. The van der Waals surface area contributed by atoms with Crippen molar-refractivity contribution in [2.24, 2.45) is 0 Å². The minimum atomic E-state index is -2.81. The van der Waals surface area contributed by atoms with Crippen LogP contribution >= 0.6 is 12.4 Å². The minimum Gasteiger partial charge on any atom is -0.497 e. The maximum Gasteiger partial charge on any atom is 0.262 e. The molecule has 1 amide bonds. The molecule has 1 heterocycles. The van der Waals surface area contributed by atoms with Gasteiger partial charge in [-0.3, -0.25) is 10.1 Å². The molecule has 4 nitrogen and oxygen atoms in total. The summed E-state index contributed by atoms with van der Waals surface area (Å²) in [7, 11) is 1.62. The van der Waals surface area contributed by atoms with Gasteiger partial charge in [0.2, 0.25) is 5.91 Å². The molecular weight excluding hydrogens is 362 g/mol. The molecule has 1 unspecified atom stereocenters. The largest absolute Gasteiger partial charge is 0.497 e. The molecule has 1 atom stereocenters. The maximum atomic E-state index is 13.1. The number of carbonyl (C=O) groups excluding carboxylic acids is 1. The second-order valence-corrected chi connectivity index (χ2v) is 6.14. The molecule has 1 saturated heterocycles. The number of carbonyl (C=O) groups is 1. The molecule has 0 bridgehead atoms. The van der Waals surface area contributed by atoms with Gasteiger partial charge in [0.15, 0.2) is 0 Å². The zero-order valence-corrected chi connectivity index (χ0v) is 15.1. The third-order valence-corrected chi connectivity index (χ3v) is 4.25. The van der Waals surface area contributed by atoms with Crippen molar-refractivity contribution in [1.82, 2.24) is 10.6 Å². The van der Waals surface area contributed by atoms with Crippen molar-refractivity contribution in [3.8, 4) is 16.9 Å². The zero-order chi connectivity index (χ0) is 17.9. The first-order valence-corrected chi connectivity index (χ1v) is 8.09. The predicted molar refractivity (Wildman–Crippen MR) is 98.9 cm³/mol. The van der Waals surface area contributed by atoms with E-state index in [-0.39, 0.29) is 12.4 Å². The van der Waals surface area contributed by atoms with Crippen LogP contribution in [0.4, 0.5) is 8.78 Å². The van der Waals surface area contributed by atoms with E-state index in [2.05, 4.69) is 10.6 Å². The predicted octanol–water partition coefficient (Wildman–Crippen LogP) is 3.40. The monoisotopic (exact) mass is 382 g/mol. The van der Waals surface area contributed by atoms with Crippen molar-refractivity contribution in [3.05, 3.63) is 54.1 Å². The molecule has 0 spiro atoms. The van der Waals surface area contributed by atoms with Crippen molar-refractivity contribution in [3.63, 3.8) is 0 Å². The van der Waals surface area contributed by atoms with Gasteiger partial charge in [0, 0.05) is 13.0 Å². The fourth-order valence-electron chi connectivity index (χ4n) is 2.83. The van der Waals surface area contributed by atoms with Crippen LogP contribution in [0.3, 0.4) is 0 Å². The Bertz CT molecular complexity index is 753. The lowest BCUT2D eigenvalue weighted by molar-refractivity contribution is -0.123. The van der Waals surface area contributed by atoms with E-state index >= 15 is 0 Å². The second kappa shape index (κ2) is 8.47. The number of hydrogen-bond acceptors (Lipinski definition) is 3. The molecule has 26 heavy (non-hydrogen) atoms. The topological polar surface area (TPSA) is 50.4 Å². The Balaban J connectivity index is 0.00000243. The molecule has 0 aliphatic carbocycles. The molecular formula is C19H21ClF2N2O2. The Labute approximate surface area is 157 Å². The van der Waals surface area contributed by atoms with E-state index in [1.807, 2.05) is 48.5 Å². The SMILES string of the molecule is COc1cccc(-c2ccc(CNC(=O)C3CC(F)(F)CN3)cc2)c1.Cl. The van der Waals surface area contributed by atoms with Gasteiger partial charge < -0.3 is 10.1 Å². The third-order valence-electron chi connectivity index (χ3n) is 4.25. The highest BCUT2D eigenvalue weighted by Gasteiger charge is 2.42. The Morgan fingerprint density at radius 1 is 1.23 bits per heavy atom. The van der Waals surface area contributed by atoms with Crippen LogP contribution in [0.15, 0.2) is 48.5 Å². The van der Waals surface area contributed by atoms with Crippen molar-refractivity contribution in [1.29, 1.82) is 0 Å². The number of alkyl halides is 2. The van der Waals surface area contributed by atoms with E-state index in [1.54, 1.807) is 7.11 Å². The Kier molecular flexibility index (Phi) is 6.56. The quantitative estimate of drug-likeness (QED) is 0.833. The first kappa shape index (κ1) is 20.1. The summed E-state index contributed by atoms with van der Waals surface area (Å²) in [4.78, 5) is 11.9. The average Bonchev–Trinajstić information content (AvgIpc) is 3.00. The number of nitrogens with one attached hydrogen (secondary N) is 2. The van der Waals surface area contributed by atoms with Gasteiger partial charge in [0.05, 0.1) is 19.7 Å². The summed E-state index contributed by atoms with van der Waals surface area (Å²) in [6.45, 7) is -0.138. The summed E-state index contributed by atoms with van der Waals surface area (Å²) < 4.78 is 31.5. The van der Waals surface area contributed by atoms with Gasteiger partial charge in [-0.15, -0.1) is 12.4 Å². The number of amides is 1.